The van der Waals surface area contributed by atoms with Gasteiger partial charge in [-0.05, 0) is 49.4 Å². The maximum Gasteiger partial charge on any atom is 0.264 e. The largest absolute Gasteiger partial charge is 0.456 e. The van der Waals surface area contributed by atoms with Gasteiger partial charge in [0.25, 0.3) is 11.5 Å². The average Bonchev–Trinajstić information content (AvgIpc) is 2.85. The van der Waals surface area contributed by atoms with Gasteiger partial charge in [0.1, 0.15) is 11.3 Å². The molecular weight excluding hydrogens is 430 g/mol. The van der Waals surface area contributed by atoms with Crippen molar-refractivity contribution < 1.29 is 9.21 Å². The van der Waals surface area contributed by atoms with E-state index in [-0.39, 0.29) is 16.9 Å². The molecule has 0 fully saturated rings. The first kappa shape index (κ1) is 21.1. The average molecular weight is 449 g/mol. The Morgan fingerprint density at radius 2 is 1.71 bits per heavy atom. The monoisotopic (exact) mass is 449 g/mol. The number of rotatable bonds is 4. The second-order valence-electron chi connectivity index (χ2n) is 7.89. The third-order valence-corrected chi connectivity index (χ3v) is 5.41. The van der Waals surface area contributed by atoms with Gasteiger partial charge in [0, 0.05) is 34.5 Å². The van der Waals surface area contributed by atoms with Crippen LogP contribution in [0.25, 0.3) is 33.6 Å². The van der Waals surface area contributed by atoms with Crippen LogP contribution in [0.5, 0.6) is 0 Å². The molecule has 2 heterocycles. The maximum atomic E-state index is 12.8. The highest BCUT2D eigenvalue weighted by Gasteiger charge is 2.11. The van der Waals surface area contributed by atoms with Gasteiger partial charge in [-0.15, -0.1) is 0 Å². The van der Waals surface area contributed by atoms with Crippen LogP contribution >= 0.6 is 0 Å². The predicted molar refractivity (Wildman–Crippen MR) is 131 cm³/mol. The van der Waals surface area contributed by atoms with Crippen LogP contribution in [-0.2, 0) is 0 Å². The van der Waals surface area contributed by atoms with E-state index in [4.69, 9.17) is 4.42 Å². The first-order valence-corrected chi connectivity index (χ1v) is 10.6. The molecule has 0 aliphatic carbocycles. The number of carbonyl (C=O) groups is 1. The van der Waals surface area contributed by atoms with E-state index in [1.165, 1.54) is 12.1 Å². The number of fused-ring (bicyclic) bond motifs is 1. The van der Waals surface area contributed by atoms with Crippen LogP contribution in [0.4, 0.5) is 5.69 Å². The molecule has 7 heteroatoms. The van der Waals surface area contributed by atoms with Crippen molar-refractivity contribution in [1.29, 1.82) is 0 Å². The summed E-state index contributed by atoms with van der Waals surface area (Å²) in [5, 5.41) is 9.82. The molecule has 7 nitrogen and oxygen atoms in total. The molecule has 0 spiro atoms. The zero-order valence-corrected chi connectivity index (χ0v) is 18.2. The number of H-pyrrole nitrogens is 1. The quantitative estimate of drug-likeness (QED) is 0.411. The molecule has 5 aromatic rings. The lowest BCUT2D eigenvalue weighted by atomic mass is 10.1. The molecule has 0 bridgehead atoms. The van der Waals surface area contributed by atoms with E-state index < -0.39 is 0 Å². The van der Waals surface area contributed by atoms with Crippen LogP contribution in [-0.4, -0.2) is 16.1 Å². The van der Waals surface area contributed by atoms with Crippen molar-refractivity contribution in [2.75, 3.05) is 5.32 Å². The summed E-state index contributed by atoms with van der Waals surface area (Å²) in [4.78, 5) is 36.5. The van der Waals surface area contributed by atoms with Crippen molar-refractivity contribution in [1.82, 2.24) is 10.2 Å². The predicted octanol–water partition coefficient (Wildman–Crippen LogP) is 4.77. The van der Waals surface area contributed by atoms with E-state index in [0.717, 1.165) is 11.1 Å². The van der Waals surface area contributed by atoms with Gasteiger partial charge in [-0.2, -0.15) is 5.10 Å². The zero-order valence-electron chi connectivity index (χ0n) is 18.2. The lowest BCUT2D eigenvalue weighted by Gasteiger charge is -2.08. The summed E-state index contributed by atoms with van der Waals surface area (Å²) in [5.41, 5.74) is 4.20. The van der Waals surface area contributed by atoms with Crippen molar-refractivity contribution in [3.63, 3.8) is 0 Å². The number of nitrogens with zero attached hydrogens (tertiary/aromatic N) is 1. The minimum atomic E-state index is -0.284. The second kappa shape index (κ2) is 8.63. The standard InChI is InChI=1S/C27H19N3O4/c1-16-5-11-24-21(13-16)23(31)15-25(34-24)17-6-8-18(9-7-17)27(33)28-20-4-2-3-19(14-20)22-10-12-26(32)30-29-22/h2-15H,1H3,(H,28,33)(H,30,32). The Kier molecular flexibility index (Phi) is 5.35. The highest BCUT2D eigenvalue weighted by molar-refractivity contribution is 6.04. The zero-order chi connectivity index (χ0) is 23.7. The summed E-state index contributed by atoms with van der Waals surface area (Å²) in [5.74, 6) is 0.156. The fraction of sp³-hybridized carbons (Fsp3) is 0.0370. The van der Waals surface area contributed by atoms with Crippen molar-refractivity contribution >= 4 is 22.6 Å². The Morgan fingerprint density at radius 1 is 0.882 bits per heavy atom. The maximum absolute atomic E-state index is 12.8. The summed E-state index contributed by atoms with van der Waals surface area (Å²) in [6.45, 7) is 1.92. The molecule has 1 amide bonds. The molecular formula is C27H19N3O4. The molecule has 2 N–H and O–H groups in total. The topological polar surface area (TPSA) is 105 Å². The van der Waals surface area contributed by atoms with Crippen LogP contribution in [0.1, 0.15) is 15.9 Å². The van der Waals surface area contributed by atoms with Crippen LogP contribution in [0.3, 0.4) is 0 Å². The fourth-order valence-electron chi connectivity index (χ4n) is 3.66. The van der Waals surface area contributed by atoms with Crippen LogP contribution < -0.4 is 16.3 Å². The van der Waals surface area contributed by atoms with Crippen LogP contribution in [0.2, 0.25) is 0 Å². The summed E-state index contributed by atoms with van der Waals surface area (Å²) in [6, 6.07) is 24.0. The second-order valence-corrected chi connectivity index (χ2v) is 7.89. The number of nitrogens with one attached hydrogen (secondary N) is 2. The molecule has 0 saturated heterocycles. The van der Waals surface area contributed by atoms with Gasteiger partial charge >= 0.3 is 0 Å². The number of benzene rings is 3. The summed E-state index contributed by atoms with van der Waals surface area (Å²) in [6.07, 6.45) is 0. The first-order chi connectivity index (χ1) is 16.5. The van der Waals surface area contributed by atoms with Gasteiger partial charge in [-0.1, -0.05) is 35.9 Å². The Hall–Kier alpha value is -4.78. The number of aryl methyl sites for hydroxylation is 1. The lowest BCUT2D eigenvalue weighted by Crippen LogP contribution is -2.12. The molecule has 0 atom stereocenters. The van der Waals surface area contributed by atoms with Crippen molar-refractivity contribution in [3.05, 3.63) is 117 Å². The van der Waals surface area contributed by atoms with Gasteiger partial charge in [0.2, 0.25) is 0 Å². The van der Waals surface area contributed by atoms with Gasteiger partial charge in [0.15, 0.2) is 5.43 Å². The molecule has 0 unspecified atom stereocenters. The number of amides is 1. The number of hydrogen-bond acceptors (Lipinski definition) is 5. The fourth-order valence-corrected chi connectivity index (χ4v) is 3.66. The number of hydrogen-bond donors (Lipinski definition) is 2. The lowest BCUT2D eigenvalue weighted by molar-refractivity contribution is 0.102. The smallest absolute Gasteiger partial charge is 0.264 e. The summed E-state index contributed by atoms with van der Waals surface area (Å²) < 4.78 is 5.91. The third kappa shape index (κ3) is 4.27. The molecule has 3 aromatic carbocycles. The number of aromatic amines is 1. The first-order valence-electron chi connectivity index (χ1n) is 10.6. The molecule has 0 aliphatic heterocycles. The van der Waals surface area contributed by atoms with Crippen molar-refractivity contribution in [3.8, 4) is 22.6 Å². The van der Waals surface area contributed by atoms with E-state index >= 15 is 0 Å². The highest BCUT2D eigenvalue weighted by Crippen LogP contribution is 2.24. The van der Waals surface area contributed by atoms with E-state index in [2.05, 4.69) is 15.5 Å². The molecule has 166 valence electrons. The normalized spacial score (nSPS) is 10.9. The number of anilines is 1. The van der Waals surface area contributed by atoms with Gasteiger partial charge in [-0.25, -0.2) is 5.10 Å². The van der Waals surface area contributed by atoms with E-state index in [1.807, 2.05) is 19.1 Å². The molecule has 0 aliphatic rings. The molecule has 34 heavy (non-hydrogen) atoms. The van der Waals surface area contributed by atoms with Crippen LogP contribution in [0, 0.1) is 6.92 Å². The van der Waals surface area contributed by atoms with Gasteiger partial charge in [0.05, 0.1) is 11.1 Å². The molecule has 0 radical (unpaired) electrons. The van der Waals surface area contributed by atoms with Crippen molar-refractivity contribution in [2.24, 2.45) is 0 Å². The Balaban J connectivity index is 1.36. The summed E-state index contributed by atoms with van der Waals surface area (Å²) >= 11 is 0. The van der Waals surface area contributed by atoms with Gasteiger partial charge in [-0.3, -0.25) is 14.4 Å². The van der Waals surface area contributed by atoms with E-state index in [9.17, 15) is 14.4 Å². The highest BCUT2D eigenvalue weighted by atomic mass is 16.3. The minimum absolute atomic E-state index is 0.112. The van der Waals surface area contributed by atoms with Crippen molar-refractivity contribution in [2.45, 2.75) is 6.92 Å². The molecule has 0 saturated carbocycles. The van der Waals surface area contributed by atoms with E-state index in [0.29, 0.717) is 39.2 Å². The number of carbonyl (C=O) groups excluding carboxylic acids is 1. The minimum Gasteiger partial charge on any atom is -0.456 e. The van der Waals surface area contributed by atoms with E-state index in [1.54, 1.807) is 60.7 Å². The molecule has 2 aromatic heterocycles. The third-order valence-electron chi connectivity index (χ3n) is 5.41. The van der Waals surface area contributed by atoms with Crippen LogP contribution in [0.15, 0.2) is 98.9 Å². The SMILES string of the molecule is Cc1ccc2oc(-c3ccc(C(=O)Nc4cccc(-c5ccc(=O)[nH]n5)c4)cc3)cc(=O)c2c1. The Bertz CT molecular complexity index is 1630. The number of aromatic nitrogens is 2. The Labute approximate surface area is 193 Å². The van der Waals surface area contributed by atoms with Gasteiger partial charge < -0.3 is 9.73 Å². The Morgan fingerprint density at radius 3 is 2.47 bits per heavy atom. The molecule has 5 rings (SSSR count). The summed E-state index contributed by atoms with van der Waals surface area (Å²) in [7, 11) is 0.